The molecule has 5 nitrogen and oxygen atoms in total. The maximum Gasteiger partial charge on any atom is 0.411 e. The summed E-state index contributed by atoms with van der Waals surface area (Å²) in [7, 11) is 0. The predicted octanol–water partition coefficient (Wildman–Crippen LogP) is 5.20. The summed E-state index contributed by atoms with van der Waals surface area (Å²) < 4.78 is 11.1. The van der Waals surface area contributed by atoms with Gasteiger partial charge in [0, 0.05) is 6.04 Å². The molecule has 0 N–H and O–H groups in total. The highest BCUT2D eigenvalue weighted by Crippen LogP contribution is 2.39. The van der Waals surface area contributed by atoms with Gasteiger partial charge in [-0.2, -0.15) is 0 Å². The Kier molecular flexibility index (Phi) is 5.30. The standard InChI is InChI=1S/C23H31NO4/c1-22(2,3)27-20(25)16-9-7-8-15(12-16)17-13-18-10-11-19(14-17)24(18)21(26)28-23(4,5)6/h7-9,12-13,18-19H,10-11,14H2,1-6H3. The third kappa shape index (κ3) is 4.75. The normalized spacial score (nSPS) is 21.9. The Morgan fingerprint density at radius 1 is 1.00 bits per heavy atom. The molecule has 1 aromatic rings. The number of amides is 1. The number of nitrogens with zero attached hydrogens (tertiary/aromatic N) is 1. The van der Waals surface area contributed by atoms with Crippen molar-refractivity contribution in [2.75, 3.05) is 0 Å². The molecule has 1 amide bonds. The highest BCUT2D eigenvalue weighted by Gasteiger charge is 2.41. The van der Waals surface area contributed by atoms with Crippen LogP contribution in [0.5, 0.6) is 0 Å². The van der Waals surface area contributed by atoms with Crippen LogP contribution in [0.1, 0.15) is 76.7 Å². The largest absolute Gasteiger partial charge is 0.456 e. The van der Waals surface area contributed by atoms with Crippen LogP contribution < -0.4 is 0 Å². The number of benzene rings is 1. The minimum atomic E-state index is -0.524. The van der Waals surface area contributed by atoms with E-state index in [1.807, 2.05) is 64.6 Å². The van der Waals surface area contributed by atoms with Gasteiger partial charge in [0.15, 0.2) is 0 Å². The van der Waals surface area contributed by atoms with Gasteiger partial charge in [0.05, 0.1) is 11.6 Å². The van der Waals surface area contributed by atoms with E-state index in [2.05, 4.69) is 6.08 Å². The van der Waals surface area contributed by atoms with Crippen molar-refractivity contribution in [2.24, 2.45) is 0 Å². The molecule has 0 aromatic heterocycles. The van der Waals surface area contributed by atoms with Gasteiger partial charge in [0.2, 0.25) is 0 Å². The molecule has 0 spiro atoms. The number of ether oxygens (including phenoxy) is 2. The number of hydrogen-bond donors (Lipinski definition) is 0. The Labute approximate surface area is 167 Å². The predicted molar refractivity (Wildman–Crippen MR) is 109 cm³/mol. The highest BCUT2D eigenvalue weighted by molar-refractivity contribution is 5.91. The molecule has 3 rings (SSSR count). The molecule has 0 saturated carbocycles. The average Bonchev–Trinajstić information content (AvgIpc) is 2.82. The van der Waals surface area contributed by atoms with Gasteiger partial charge in [0.1, 0.15) is 11.2 Å². The van der Waals surface area contributed by atoms with Crippen LogP contribution in [-0.2, 0) is 9.47 Å². The van der Waals surface area contributed by atoms with E-state index in [1.165, 1.54) is 5.57 Å². The van der Waals surface area contributed by atoms with E-state index < -0.39 is 11.2 Å². The van der Waals surface area contributed by atoms with E-state index in [0.29, 0.717) is 5.56 Å². The first-order valence-corrected chi connectivity index (χ1v) is 9.99. The summed E-state index contributed by atoms with van der Waals surface area (Å²) in [4.78, 5) is 26.9. The molecule has 2 bridgehead atoms. The second kappa shape index (κ2) is 7.26. The molecule has 152 valence electrons. The Morgan fingerprint density at radius 3 is 2.29 bits per heavy atom. The van der Waals surface area contributed by atoms with Gasteiger partial charge < -0.3 is 9.47 Å². The van der Waals surface area contributed by atoms with E-state index in [0.717, 1.165) is 24.8 Å². The van der Waals surface area contributed by atoms with Crippen molar-refractivity contribution in [2.45, 2.75) is 84.1 Å². The third-order valence-electron chi connectivity index (χ3n) is 4.87. The minimum Gasteiger partial charge on any atom is -0.456 e. The van der Waals surface area contributed by atoms with Crippen LogP contribution in [0, 0.1) is 0 Å². The lowest BCUT2D eigenvalue weighted by Gasteiger charge is -2.35. The second-order valence-corrected chi connectivity index (χ2v) is 9.66. The van der Waals surface area contributed by atoms with Crippen LogP contribution in [0.15, 0.2) is 30.3 Å². The number of fused-ring (bicyclic) bond motifs is 2. The van der Waals surface area contributed by atoms with Crippen molar-refractivity contribution in [1.82, 2.24) is 4.90 Å². The van der Waals surface area contributed by atoms with Crippen LogP contribution in [0.3, 0.4) is 0 Å². The Bertz CT molecular complexity index is 798. The number of carbonyl (C=O) groups excluding carboxylic acids is 2. The van der Waals surface area contributed by atoms with Crippen molar-refractivity contribution in [1.29, 1.82) is 0 Å². The summed E-state index contributed by atoms with van der Waals surface area (Å²) in [5.41, 5.74) is 1.73. The zero-order valence-electron chi connectivity index (χ0n) is 17.7. The molecular weight excluding hydrogens is 354 g/mol. The number of hydrogen-bond acceptors (Lipinski definition) is 4. The molecule has 1 aromatic carbocycles. The molecule has 2 heterocycles. The Balaban J connectivity index is 1.79. The summed E-state index contributed by atoms with van der Waals surface area (Å²) in [6.45, 7) is 11.3. The first-order chi connectivity index (χ1) is 12.9. The van der Waals surface area contributed by atoms with Gasteiger partial charge in [-0.15, -0.1) is 0 Å². The summed E-state index contributed by atoms with van der Waals surface area (Å²) in [6, 6.07) is 7.77. The smallest absolute Gasteiger partial charge is 0.411 e. The Morgan fingerprint density at radius 2 is 1.68 bits per heavy atom. The topological polar surface area (TPSA) is 55.8 Å². The van der Waals surface area contributed by atoms with Crippen LogP contribution >= 0.6 is 0 Å². The third-order valence-corrected chi connectivity index (χ3v) is 4.87. The molecule has 1 fully saturated rings. The fraction of sp³-hybridized carbons (Fsp3) is 0.565. The van der Waals surface area contributed by atoms with Crippen molar-refractivity contribution in [3.63, 3.8) is 0 Å². The minimum absolute atomic E-state index is 0.0498. The fourth-order valence-electron chi connectivity index (χ4n) is 3.83. The van der Waals surface area contributed by atoms with Crippen LogP contribution in [0.4, 0.5) is 4.79 Å². The molecule has 2 unspecified atom stereocenters. The maximum absolute atomic E-state index is 12.6. The van der Waals surface area contributed by atoms with E-state index >= 15 is 0 Å². The van der Waals surface area contributed by atoms with Crippen molar-refractivity contribution < 1.29 is 19.1 Å². The van der Waals surface area contributed by atoms with Crippen LogP contribution in [-0.4, -0.2) is 40.2 Å². The highest BCUT2D eigenvalue weighted by atomic mass is 16.6. The Hall–Kier alpha value is -2.30. The molecule has 0 radical (unpaired) electrons. The molecule has 1 saturated heterocycles. The van der Waals surface area contributed by atoms with Crippen LogP contribution in [0.2, 0.25) is 0 Å². The second-order valence-electron chi connectivity index (χ2n) is 9.66. The van der Waals surface area contributed by atoms with Gasteiger partial charge in [0.25, 0.3) is 0 Å². The zero-order chi connectivity index (χ0) is 20.7. The summed E-state index contributed by atoms with van der Waals surface area (Å²) in [6.07, 6.45) is 4.60. The quantitative estimate of drug-likeness (QED) is 0.657. The van der Waals surface area contributed by atoms with Gasteiger partial charge in [-0.25, -0.2) is 9.59 Å². The van der Waals surface area contributed by atoms with Crippen molar-refractivity contribution in [3.8, 4) is 0 Å². The van der Waals surface area contributed by atoms with E-state index in [1.54, 1.807) is 6.07 Å². The monoisotopic (exact) mass is 385 g/mol. The average molecular weight is 386 g/mol. The lowest BCUT2D eigenvalue weighted by atomic mass is 9.94. The molecule has 0 aliphatic carbocycles. The van der Waals surface area contributed by atoms with Crippen molar-refractivity contribution >= 4 is 17.6 Å². The lowest BCUT2D eigenvalue weighted by Crippen LogP contribution is -2.45. The van der Waals surface area contributed by atoms with Crippen LogP contribution in [0.25, 0.3) is 5.57 Å². The van der Waals surface area contributed by atoms with Gasteiger partial charge in [-0.05, 0) is 84.1 Å². The zero-order valence-corrected chi connectivity index (χ0v) is 17.7. The number of rotatable bonds is 2. The fourth-order valence-corrected chi connectivity index (χ4v) is 3.83. The van der Waals surface area contributed by atoms with Crippen molar-refractivity contribution in [3.05, 3.63) is 41.5 Å². The van der Waals surface area contributed by atoms with Gasteiger partial charge in [-0.1, -0.05) is 18.2 Å². The lowest BCUT2D eigenvalue weighted by molar-refractivity contribution is 0.00684. The SMILES string of the molecule is CC(C)(C)OC(=O)c1cccc(C2=CC3CCC(C2)N3C(=O)OC(C)(C)C)c1. The van der Waals surface area contributed by atoms with E-state index in [9.17, 15) is 9.59 Å². The molecular formula is C23H31NO4. The molecule has 5 heteroatoms. The van der Waals surface area contributed by atoms with Gasteiger partial charge in [-0.3, -0.25) is 4.90 Å². The number of esters is 1. The summed E-state index contributed by atoms with van der Waals surface area (Å²) >= 11 is 0. The summed E-state index contributed by atoms with van der Waals surface area (Å²) in [5, 5.41) is 0. The molecule has 2 aliphatic heterocycles. The van der Waals surface area contributed by atoms with Gasteiger partial charge >= 0.3 is 12.1 Å². The summed E-state index contributed by atoms with van der Waals surface area (Å²) in [5.74, 6) is -0.316. The molecule has 2 aliphatic rings. The molecule has 28 heavy (non-hydrogen) atoms. The molecule has 2 atom stereocenters. The van der Waals surface area contributed by atoms with E-state index in [-0.39, 0.29) is 24.1 Å². The van der Waals surface area contributed by atoms with E-state index in [4.69, 9.17) is 9.47 Å². The number of carbonyl (C=O) groups is 2. The first kappa shape index (κ1) is 20.4. The maximum atomic E-state index is 12.6. The first-order valence-electron chi connectivity index (χ1n) is 9.99.